The molecule has 19 heavy (non-hydrogen) atoms. The Labute approximate surface area is 117 Å². The number of carbonyl (C=O) groups is 2. The molecule has 1 aliphatic rings. The minimum Gasteiger partial charge on any atom is -0.310 e. The van der Waals surface area contributed by atoms with E-state index in [1.165, 1.54) is 11.8 Å². The van der Waals surface area contributed by atoms with Crippen molar-refractivity contribution >= 4 is 40.1 Å². The minimum atomic E-state index is -1.06. The summed E-state index contributed by atoms with van der Waals surface area (Å²) >= 11 is 6.89. The summed E-state index contributed by atoms with van der Waals surface area (Å²) in [5.74, 6) is -2.38. The molecule has 7 heteroatoms. The third-order valence-electron chi connectivity index (χ3n) is 2.70. The van der Waals surface area contributed by atoms with Crippen molar-refractivity contribution in [3.8, 4) is 0 Å². The van der Waals surface area contributed by atoms with Crippen molar-refractivity contribution in [1.29, 1.82) is 0 Å². The highest BCUT2D eigenvalue weighted by molar-refractivity contribution is 8.14. The first kappa shape index (κ1) is 14.3. The number of carbonyl (C=O) groups excluding carboxylic acids is 2. The van der Waals surface area contributed by atoms with Gasteiger partial charge < -0.3 is 4.90 Å². The second-order valence-electron chi connectivity index (χ2n) is 4.16. The summed E-state index contributed by atoms with van der Waals surface area (Å²) in [6.07, 6.45) is 0.180. The second kappa shape index (κ2) is 5.46. The number of thioether (sulfide) groups is 1. The summed E-state index contributed by atoms with van der Waals surface area (Å²) in [5.41, 5.74) is 0.136. The summed E-state index contributed by atoms with van der Waals surface area (Å²) in [6.45, 7) is 1.68. The van der Waals surface area contributed by atoms with E-state index in [1.54, 1.807) is 0 Å². The molecule has 0 radical (unpaired) electrons. The average Bonchev–Trinajstić information content (AvgIpc) is 2.63. The number of nitrogens with zero attached hydrogens (tertiary/aromatic N) is 1. The minimum absolute atomic E-state index is 0.0271. The highest BCUT2D eigenvalue weighted by atomic mass is 35.5. The van der Waals surface area contributed by atoms with Gasteiger partial charge in [-0.05, 0) is 6.07 Å². The van der Waals surface area contributed by atoms with Gasteiger partial charge in [0.05, 0.1) is 10.7 Å². The predicted molar refractivity (Wildman–Crippen MR) is 70.4 cm³/mol. The molecule has 1 saturated heterocycles. The number of anilines is 1. The van der Waals surface area contributed by atoms with E-state index >= 15 is 0 Å². The molecule has 0 saturated carbocycles. The Morgan fingerprint density at radius 1 is 1.42 bits per heavy atom. The standard InChI is InChI=1S/C12H10ClF2NO2S/c1-6(17)19-7-2-12(18)16(5-7)11-4-10(15)9(14)3-8(11)13/h3-4,7H,2,5H2,1H3. The van der Waals surface area contributed by atoms with Crippen LogP contribution in [0.3, 0.4) is 0 Å². The fourth-order valence-electron chi connectivity index (χ4n) is 1.94. The molecule has 1 amide bonds. The summed E-state index contributed by atoms with van der Waals surface area (Å²) in [4.78, 5) is 24.1. The van der Waals surface area contributed by atoms with Gasteiger partial charge in [0.2, 0.25) is 5.91 Å². The fourth-order valence-corrected chi connectivity index (χ4v) is 3.11. The average molecular weight is 306 g/mol. The van der Waals surface area contributed by atoms with Crippen molar-refractivity contribution in [3.63, 3.8) is 0 Å². The molecule has 0 spiro atoms. The van der Waals surface area contributed by atoms with Crippen molar-refractivity contribution in [2.75, 3.05) is 11.4 Å². The van der Waals surface area contributed by atoms with E-state index in [-0.39, 0.29) is 39.9 Å². The first-order chi connectivity index (χ1) is 8.88. The molecular weight excluding hydrogens is 296 g/mol. The first-order valence-electron chi connectivity index (χ1n) is 5.50. The zero-order valence-corrected chi connectivity index (χ0v) is 11.5. The molecule has 1 unspecified atom stereocenters. The lowest BCUT2D eigenvalue weighted by atomic mass is 10.2. The zero-order valence-electron chi connectivity index (χ0n) is 9.95. The smallest absolute Gasteiger partial charge is 0.228 e. The molecule has 3 nitrogen and oxygen atoms in total. The van der Waals surface area contributed by atoms with E-state index in [0.29, 0.717) is 0 Å². The SMILES string of the molecule is CC(=O)SC1CC(=O)N(c2cc(F)c(F)cc2Cl)C1. The maximum absolute atomic E-state index is 13.2. The number of amides is 1. The maximum Gasteiger partial charge on any atom is 0.228 e. The molecule has 0 aromatic heterocycles. The molecule has 0 aliphatic carbocycles. The van der Waals surface area contributed by atoms with Crippen molar-refractivity contribution in [1.82, 2.24) is 0 Å². The molecule has 0 N–H and O–H groups in total. The van der Waals surface area contributed by atoms with Gasteiger partial charge in [0.25, 0.3) is 0 Å². The maximum atomic E-state index is 13.2. The molecule has 1 aliphatic heterocycles. The molecule has 0 bridgehead atoms. The predicted octanol–water partition coefficient (Wildman–Crippen LogP) is 3.00. The Kier molecular flexibility index (Phi) is 4.10. The van der Waals surface area contributed by atoms with Gasteiger partial charge in [-0.15, -0.1) is 0 Å². The molecular formula is C12H10ClF2NO2S. The molecule has 1 heterocycles. The number of halogens is 3. The largest absolute Gasteiger partial charge is 0.310 e. The van der Waals surface area contributed by atoms with Gasteiger partial charge in [0.15, 0.2) is 16.7 Å². The Morgan fingerprint density at radius 2 is 2.05 bits per heavy atom. The lowest BCUT2D eigenvalue weighted by Crippen LogP contribution is -2.25. The Balaban J connectivity index is 2.25. The van der Waals surface area contributed by atoms with Gasteiger partial charge in [0, 0.05) is 31.2 Å². The van der Waals surface area contributed by atoms with E-state index < -0.39 is 11.6 Å². The zero-order chi connectivity index (χ0) is 14.2. The van der Waals surface area contributed by atoms with Crippen LogP contribution < -0.4 is 4.90 Å². The Bertz CT molecular complexity index is 553. The van der Waals surface area contributed by atoms with Crippen LogP contribution in [0.15, 0.2) is 12.1 Å². The molecule has 1 aromatic carbocycles. The summed E-state index contributed by atoms with van der Waals surface area (Å²) in [5, 5.41) is -0.300. The van der Waals surface area contributed by atoms with E-state index in [4.69, 9.17) is 11.6 Å². The molecule has 1 fully saturated rings. The van der Waals surface area contributed by atoms with E-state index in [9.17, 15) is 18.4 Å². The van der Waals surface area contributed by atoms with Crippen LogP contribution in [-0.2, 0) is 9.59 Å². The highest BCUT2D eigenvalue weighted by Crippen LogP contribution is 2.34. The molecule has 1 aromatic rings. The first-order valence-corrected chi connectivity index (χ1v) is 6.76. The van der Waals surface area contributed by atoms with Crippen molar-refractivity contribution in [3.05, 3.63) is 28.8 Å². The summed E-state index contributed by atoms with van der Waals surface area (Å²) < 4.78 is 26.2. The van der Waals surface area contributed by atoms with Crippen molar-refractivity contribution in [2.45, 2.75) is 18.6 Å². The van der Waals surface area contributed by atoms with Crippen LogP contribution in [-0.4, -0.2) is 22.8 Å². The molecule has 2 rings (SSSR count). The van der Waals surface area contributed by atoms with E-state index in [0.717, 1.165) is 23.9 Å². The van der Waals surface area contributed by atoms with Crippen LogP contribution in [0.2, 0.25) is 5.02 Å². The highest BCUT2D eigenvalue weighted by Gasteiger charge is 2.33. The van der Waals surface area contributed by atoms with Crippen LogP contribution >= 0.6 is 23.4 Å². The molecule has 1 atom stereocenters. The summed E-state index contributed by atoms with van der Waals surface area (Å²) in [7, 11) is 0. The van der Waals surface area contributed by atoms with Gasteiger partial charge in [0.1, 0.15) is 0 Å². The van der Waals surface area contributed by atoms with Crippen LogP contribution in [0.25, 0.3) is 0 Å². The van der Waals surface area contributed by atoms with Crippen molar-refractivity contribution < 1.29 is 18.4 Å². The third-order valence-corrected chi connectivity index (χ3v) is 3.99. The van der Waals surface area contributed by atoms with Crippen LogP contribution in [0.1, 0.15) is 13.3 Å². The number of hydrogen-bond acceptors (Lipinski definition) is 3. The summed E-state index contributed by atoms with van der Waals surface area (Å²) in [6, 6.07) is 1.74. The number of rotatable bonds is 2. The Hall–Kier alpha value is -1.14. The fraction of sp³-hybridized carbons (Fsp3) is 0.333. The van der Waals surface area contributed by atoms with E-state index in [2.05, 4.69) is 0 Å². The lowest BCUT2D eigenvalue weighted by Gasteiger charge is -2.18. The Morgan fingerprint density at radius 3 is 2.68 bits per heavy atom. The third kappa shape index (κ3) is 3.06. The second-order valence-corrected chi connectivity index (χ2v) is 6.04. The van der Waals surface area contributed by atoms with Crippen LogP contribution in [0, 0.1) is 11.6 Å². The van der Waals surface area contributed by atoms with Crippen LogP contribution in [0.4, 0.5) is 14.5 Å². The van der Waals surface area contributed by atoms with Gasteiger partial charge in [-0.1, -0.05) is 23.4 Å². The van der Waals surface area contributed by atoms with Gasteiger partial charge >= 0.3 is 0 Å². The topological polar surface area (TPSA) is 37.4 Å². The van der Waals surface area contributed by atoms with Gasteiger partial charge in [-0.25, -0.2) is 8.78 Å². The van der Waals surface area contributed by atoms with E-state index in [1.807, 2.05) is 0 Å². The monoisotopic (exact) mass is 305 g/mol. The van der Waals surface area contributed by atoms with Crippen molar-refractivity contribution in [2.24, 2.45) is 0 Å². The van der Waals surface area contributed by atoms with Gasteiger partial charge in [-0.3, -0.25) is 9.59 Å². The molecule has 102 valence electrons. The van der Waals surface area contributed by atoms with Crippen LogP contribution in [0.5, 0.6) is 0 Å². The van der Waals surface area contributed by atoms with Gasteiger partial charge in [-0.2, -0.15) is 0 Å². The lowest BCUT2D eigenvalue weighted by molar-refractivity contribution is -0.117. The normalized spacial score (nSPS) is 19.1. The number of hydrogen-bond donors (Lipinski definition) is 0. The number of benzene rings is 1. The quantitative estimate of drug-likeness (QED) is 0.788.